The van der Waals surface area contributed by atoms with Gasteiger partial charge in [-0.15, -0.1) is 6.58 Å². The monoisotopic (exact) mass is 372 g/mol. The second kappa shape index (κ2) is 9.40. The maximum Gasteiger partial charge on any atom is 0.145 e. The predicted octanol–water partition coefficient (Wildman–Crippen LogP) is 6.51. The SMILES string of the molecule is C=C[C@H]1CC[C@H]([C@H]2CC[C@H](C#Cc3c(F)cc(OCC)cc3F)CC2)CC1. The Balaban J connectivity index is 1.55. The molecule has 0 unspecified atom stereocenters. The summed E-state index contributed by atoms with van der Waals surface area (Å²) in [6.45, 7) is 6.09. The Bertz CT molecular complexity index is 676. The molecule has 0 N–H and O–H groups in total. The van der Waals surface area contributed by atoms with E-state index in [1.165, 1.54) is 50.7 Å². The van der Waals surface area contributed by atoms with Crippen molar-refractivity contribution in [1.82, 2.24) is 0 Å². The third kappa shape index (κ3) is 5.12. The van der Waals surface area contributed by atoms with E-state index in [2.05, 4.69) is 24.5 Å². The Labute approximate surface area is 162 Å². The van der Waals surface area contributed by atoms with Crippen molar-refractivity contribution in [2.45, 2.75) is 58.3 Å². The van der Waals surface area contributed by atoms with Gasteiger partial charge in [-0.3, -0.25) is 0 Å². The molecule has 0 saturated heterocycles. The molecule has 0 spiro atoms. The van der Waals surface area contributed by atoms with E-state index in [0.29, 0.717) is 12.5 Å². The molecule has 146 valence electrons. The number of rotatable bonds is 4. The first-order valence-corrected chi connectivity index (χ1v) is 10.4. The lowest BCUT2D eigenvalue weighted by atomic mass is 9.69. The molecule has 2 aliphatic rings. The van der Waals surface area contributed by atoms with Crippen molar-refractivity contribution >= 4 is 0 Å². The lowest BCUT2D eigenvalue weighted by molar-refractivity contribution is 0.168. The van der Waals surface area contributed by atoms with Crippen LogP contribution in [-0.4, -0.2) is 6.61 Å². The molecule has 3 heteroatoms. The second-order valence-corrected chi connectivity index (χ2v) is 7.99. The van der Waals surface area contributed by atoms with Gasteiger partial charge in [0.15, 0.2) is 0 Å². The van der Waals surface area contributed by atoms with Crippen molar-refractivity contribution in [3.8, 4) is 17.6 Å². The highest BCUT2D eigenvalue weighted by molar-refractivity contribution is 5.41. The van der Waals surface area contributed by atoms with Crippen LogP contribution in [0.25, 0.3) is 0 Å². The fourth-order valence-electron chi connectivity index (χ4n) is 4.68. The summed E-state index contributed by atoms with van der Waals surface area (Å²) in [6, 6.07) is 2.43. The minimum Gasteiger partial charge on any atom is -0.494 e. The van der Waals surface area contributed by atoms with Gasteiger partial charge in [0.2, 0.25) is 0 Å². The van der Waals surface area contributed by atoms with Gasteiger partial charge in [-0.1, -0.05) is 17.9 Å². The summed E-state index contributed by atoms with van der Waals surface area (Å²) in [4.78, 5) is 0. The number of hydrogen-bond acceptors (Lipinski definition) is 1. The molecule has 1 aromatic carbocycles. The minimum atomic E-state index is -0.640. The van der Waals surface area contributed by atoms with Crippen LogP contribution in [0, 0.1) is 47.1 Å². The Hall–Kier alpha value is -1.82. The highest BCUT2D eigenvalue weighted by Crippen LogP contribution is 2.41. The largest absolute Gasteiger partial charge is 0.494 e. The fourth-order valence-corrected chi connectivity index (χ4v) is 4.68. The molecule has 0 aliphatic heterocycles. The average molecular weight is 372 g/mol. The van der Waals surface area contributed by atoms with Crippen LogP contribution >= 0.6 is 0 Å². The Kier molecular flexibility index (Phi) is 6.94. The van der Waals surface area contributed by atoms with Crippen molar-refractivity contribution in [2.75, 3.05) is 6.61 Å². The number of benzene rings is 1. The molecule has 3 rings (SSSR count). The summed E-state index contributed by atoms with van der Waals surface area (Å²) in [7, 11) is 0. The first-order chi connectivity index (χ1) is 13.1. The van der Waals surface area contributed by atoms with E-state index in [4.69, 9.17) is 4.74 Å². The van der Waals surface area contributed by atoms with Gasteiger partial charge < -0.3 is 4.74 Å². The zero-order chi connectivity index (χ0) is 19.2. The van der Waals surface area contributed by atoms with Crippen LogP contribution in [0.2, 0.25) is 0 Å². The summed E-state index contributed by atoms with van der Waals surface area (Å²) in [5.74, 6) is 7.42. The smallest absolute Gasteiger partial charge is 0.145 e. The van der Waals surface area contributed by atoms with Crippen LogP contribution in [0.1, 0.15) is 63.9 Å². The van der Waals surface area contributed by atoms with E-state index in [9.17, 15) is 8.78 Å². The van der Waals surface area contributed by atoms with Crippen molar-refractivity contribution in [3.63, 3.8) is 0 Å². The molecular formula is C24H30F2O. The maximum absolute atomic E-state index is 14.1. The van der Waals surface area contributed by atoms with Gasteiger partial charge in [0.25, 0.3) is 0 Å². The molecular weight excluding hydrogens is 342 g/mol. The maximum atomic E-state index is 14.1. The fraction of sp³-hybridized carbons (Fsp3) is 0.583. The summed E-state index contributed by atoms with van der Waals surface area (Å²) in [5.41, 5.74) is -0.136. The first-order valence-electron chi connectivity index (χ1n) is 10.4. The van der Waals surface area contributed by atoms with Crippen molar-refractivity contribution in [1.29, 1.82) is 0 Å². The van der Waals surface area contributed by atoms with Crippen LogP contribution in [-0.2, 0) is 0 Å². The summed E-state index contributed by atoms with van der Waals surface area (Å²) >= 11 is 0. The van der Waals surface area contributed by atoms with Crippen LogP contribution in [0.3, 0.4) is 0 Å². The summed E-state index contributed by atoms with van der Waals surface area (Å²) in [6.07, 6.45) is 11.8. The molecule has 2 aliphatic carbocycles. The molecule has 0 bridgehead atoms. The van der Waals surface area contributed by atoms with Crippen molar-refractivity contribution in [3.05, 3.63) is 42.0 Å². The van der Waals surface area contributed by atoms with Crippen LogP contribution in [0.15, 0.2) is 24.8 Å². The summed E-state index contributed by atoms with van der Waals surface area (Å²) in [5, 5.41) is 0. The number of halogens is 2. The van der Waals surface area contributed by atoms with E-state index >= 15 is 0 Å². The third-order valence-corrected chi connectivity index (χ3v) is 6.32. The molecule has 0 atom stereocenters. The third-order valence-electron chi connectivity index (χ3n) is 6.32. The molecule has 0 radical (unpaired) electrons. The summed E-state index contributed by atoms with van der Waals surface area (Å²) < 4.78 is 33.4. The van der Waals surface area contributed by atoms with Crippen molar-refractivity contribution < 1.29 is 13.5 Å². The van der Waals surface area contributed by atoms with E-state index in [-0.39, 0.29) is 17.2 Å². The van der Waals surface area contributed by atoms with E-state index in [1.807, 2.05) is 0 Å². The molecule has 1 nitrogen and oxygen atoms in total. The standard InChI is InChI=1S/C24H30F2O/c1-3-17-5-10-19(11-6-17)20-12-7-18(8-13-20)9-14-22-23(25)15-21(27-4-2)16-24(22)26/h3,15-20H,1,4-8,10-13H2,2H3/t17-,18-,19-,20-. The van der Waals surface area contributed by atoms with Gasteiger partial charge in [-0.05, 0) is 76.0 Å². The lowest BCUT2D eigenvalue weighted by Crippen LogP contribution is -2.25. The topological polar surface area (TPSA) is 9.23 Å². The number of allylic oxidation sites excluding steroid dienone is 1. The predicted molar refractivity (Wildman–Crippen MR) is 105 cm³/mol. The van der Waals surface area contributed by atoms with Gasteiger partial charge in [0.05, 0.1) is 12.2 Å². The van der Waals surface area contributed by atoms with Gasteiger partial charge in [-0.25, -0.2) is 8.78 Å². The lowest BCUT2D eigenvalue weighted by Gasteiger charge is -2.36. The van der Waals surface area contributed by atoms with E-state index < -0.39 is 11.6 Å². The second-order valence-electron chi connectivity index (χ2n) is 7.99. The Morgan fingerprint density at radius 1 is 1.00 bits per heavy atom. The van der Waals surface area contributed by atoms with E-state index in [1.54, 1.807) is 6.92 Å². The highest BCUT2D eigenvalue weighted by Gasteiger charge is 2.29. The Morgan fingerprint density at radius 3 is 2.07 bits per heavy atom. The normalized spacial score (nSPS) is 28.1. The van der Waals surface area contributed by atoms with Crippen LogP contribution in [0.4, 0.5) is 8.78 Å². The highest BCUT2D eigenvalue weighted by atomic mass is 19.1. The zero-order valence-corrected chi connectivity index (χ0v) is 16.3. The van der Waals surface area contributed by atoms with Crippen LogP contribution in [0.5, 0.6) is 5.75 Å². The van der Waals surface area contributed by atoms with Gasteiger partial charge in [0, 0.05) is 18.1 Å². The number of ether oxygens (including phenoxy) is 1. The molecule has 1 aromatic rings. The molecule has 0 heterocycles. The average Bonchev–Trinajstić information content (AvgIpc) is 2.68. The quantitative estimate of drug-likeness (QED) is 0.432. The van der Waals surface area contributed by atoms with E-state index in [0.717, 1.165) is 24.7 Å². The molecule has 2 fully saturated rings. The minimum absolute atomic E-state index is 0.136. The Morgan fingerprint density at radius 2 is 1.56 bits per heavy atom. The molecule has 0 amide bonds. The molecule has 2 saturated carbocycles. The first kappa shape index (κ1) is 19.9. The van der Waals surface area contributed by atoms with Gasteiger partial charge >= 0.3 is 0 Å². The van der Waals surface area contributed by atoms with Crippen LogP contribution < -0.4 is 4.74 Å². The van der Waals surface area contributed by atoms with Gasteiger partial charge in [-0.2, -0.15) is 0 Å². The van der Waals surface area contributed by atoms with Gasteiger partial charge in [0.1, 0.15) is 17.4 Å². The number of hydrogen-bond donors (Lipinski definition) is 0. The zero-order valence-electron chi connectivity index (χ0n) is 16.3. The van der Waals surface area contributed by atoms with Crippen molar-refractivity contribution in [2.24, 2.45) is 23.7 Å². The molecule has 27 heavy (non-hydrogen) atoms. The molecule has 0 aromatic heterocycles.